The maximum atomic E-state index is 5.83. The fourth-order valence-electron chi connectivity index (χ4n) is 2.18. The highest BCUT2D eigenvalue weighted by Gasteiger charge is 2.26. The first kappa shape index (κ1) is 14.7. The molecule has 100 valence electrons. The molecule has 17 heavy (non-hydrogen) atoms. The van der Waals surface area contributed by atoms with E-state index in [0.29, 0.717) is 12.0 Å². The average Bonchev–Trinajstić information content (AvgIpc) is 2.32. The molecule has 0 N–H and O–H groups in total. The summed E-state index contributed by atoms with van der Waals surface area (Å²) in [6.07, 6.45) is 12.0. The SMILES string of the molecule is C/C=C/CCCCCOC1OC(C)CCC1C. The maximum absolute atomic E-state index is 5.83. The van der Waals surface area contributed by atoms with Crippen LogP contribution in [0.1, 0.15) is 59.3 Å². The highest BCUT2D eigenvalue weighted by molar-refractivity contribution is 4.76. The molecule has 0 aromatic carbocycles. The van der Waals surface area contributed by atoms with Crippen LogP contribution in [0.5, 0.6) is 0 Å². The predicted molar refractivity (Wildman–Crippen MR) is 72.0 cm³/mol. The van der Waals surface area contributed by atoms with E-state index in [2.05, 4.69) is 32.9 Å². The Morgan fingerprint density at radius 3 is 2.76 bits per heavy atom. The van der Waals surface area contributed by atoms with Gasteiger partial charge in [-0.1, -0.05) is 25.5 Å². The second-order valence-corrected chi connectivity index (χ2v) is 5.16. The van der Waals surface area contributed by atoms with Gasteiger partial charge in [-0.15, -0.1) is 0 Å². The first-order valence-electron chi connectivity index (χ1n) is 7.12. The van der Waals surface area contributed by atoms with Gasteiger partial charge in [0.25, 0.3) is 0 Å². The Kier molecular flexibility index (Phi) is 7.54. The topological polar surface area (TPSA) is 18.5 Å². The van der Waals surface area contributed by atoms with E-state index < -0.39 is 0 Å². The molecular formula is C15H28O2. The van der Waals surface area contributed by atoms with Gasteiger partial charge >= 0.3 is 0 Å². The zero-order valence-electron chi connectivity index (χ0n) is 11.7. The van der Waals surface area contributed by atoms with Crippen LogP contribution in [0.3, 0.4) is 0 Å². The van der Waals surface area contributed by atoms with E-state index in [4.69, 9.17) is 9.47 Å². The van der Waals surface area contributed by atoms with Crippen molar-refractivity contribution in [1.82, 2.24) is 0 Å². The fraction of sp³-hybridized carbons (Fsp3) is 0.867. The molecule has 0 aliphatic carbocycles. The van der Waals surface area contributed by atoms with Crippen molar-refractivity contribution in [3.05, 3.63) is 12.2 Å². The van der Waals surface area contributed by atoms with Crippen LogP contribution in [-0.2, 0) is 9.47 Å². The van der Waals surface area contributed by atoms with Crippen molar-refractivity contribution < 1.29 is 9.47 Å². The monoisotopic (exact) mass is 240 g/mol. The van der Waals surface area contributed by atoms with E-state index in [1.165, 1.54) is 32.1 Å². The highest BCUT2D eigenvalue weighted by Crippen LogP contribution is 2.25. The lowest BCUT2D eigenvalue weighted by atomic mass is 9.99. The maximum Gasteiger partial charge on any atom is 0.160 e. The minimum atomic E-state index is 0.0364. The van der Waals surface area contributed by atoms with Crippen LogP contribution < -0.4 is 0 Å². The summed E-state index contributed by atoms with van der Waals surface area (Å²) in [7, 11) is 0. The molecule has 1 rings (SSSR count). The Morgan fingerprint density at radius 2 is 2.00 bits per heavy atom. The van der Waals surface area contributed by atoms with Gasteiger partial charge in [0.05, 0.1) is 6.10 Å². The minimum Gasteiger partial charge on any atom is -0.352 e. The molecular weight excluding hydrogens is 212 g/mol. The van der Waals surface area contributed by atoms with Crippen LogP contribution >= 0.6 is 0 Å². The third-order valence-corrected chi connectivity index (χ3v) is 3.39. The fourth-order valence-corrected chi connectivity index (χ4v) is 2.18. The van der Waals surface area contributed by atoms with Crippen molar-refractivity contribution in [1.29, 1.82) is 0 Å². The molecule has 0 aromatic heterocycles. The van der Waals surface area contributed by atoms with Gasteiger partial charge in [0.2, 0.25) is 0 Å². The summed E-state index contributed by atoms with van der Waals surface area (Å²) in [6, 6.07) is 0. The number of allylic oxidation sites excluding steroid dienone is 2. The van der Waals surface area contributed by atoms with Gasteiger partial charge in [0.1, 0.15) is 0 Å². The van der Waals surface area contributed by atoms with Crippen molar-refractivity contribution in [2.75, 3.05) is 6.61 Å². The third-order valence-electron chi connectivity index (χ3n) is 3.39. The third kappa shape index (κ3) is 6.23. The molecule has 1 aliphatic heterocycles. The molecule has 1 aliphatic rings. The van der Waals surface area contributed by atoms with E-state index in [9.17, 15) is 0 Å². The summed E-state index contributed by atoms with van der Waals surface area (Å²) < 4.78 is 11.6. The molecule has 0 spiro atoms. The van der Waals surface area contributed by atoms with Gasteiger partial charge in [-0.05, 0) is 46.0 Å². The number of hydrogen-bond donors (Lipinski definition) is 0. The normalized spacial score (nSPS) is 29.9. The number of rotatable bonds is 7. The van der Waals surface area contributed by atoms with Crippen LogP contribution in [0, 0.1) is 5.92 Å². The number of ether oxygens (including phenoxy) is 2. The zero-order chi connectivity index (χ0) is 12.5. The lowest BCUT2D eigenvalue weighted by Crippen LogP contribution is -2.34. The Morgan fingerprint density at radius 1 is 1.18 bits per heavy atom. The Balaban J connectivity index is 2.01. The molecule has 0 saturated carbocycles. The van der Waals surface area contributed by atoms with Gasteiger partial charge in [0.15, 0.2) is 6.29 Å². The number of unbranched alkanes of at least 4 members (excludes halogenated alkanes) is 3. The van der Waals surface area contributed by atoms with Crippen molar-refractivity contribution in [2.45, 2.75) is 71.7 Å². The summed E-state index contributed by atoms with van der Waals surface area (Å²) in [4.78, 5) is 0. The summed E-state index contributed by atoms with van der Waals surface area (Å²) >= 11 is 0. The largest absolute Gasteiger partial charge is 0.352 e. The van der Waals surface area contributed by atoms with Gasteiger partial charge in [-0.3, -0.25) is 0 Å². The molecule has 1 saturated heterocycles. The van der Waals surface area contributed by atoms with Crippen molar-refractivity contribution in [2.24, 2.45) is 5.92 Å². The Labute approximate surface area is 106 Å². The van der Waals surface area contributed by atoms with Crippen LogP contribution in [0.4, 0.5) is 0 Å². The van der Waals surface area contributed by atoms with E-state index in [0.717, 1.165) is 13.0 Å². The van der Waals surface area contributed by atoms with Crippen molar-refractivity contribution in [3.63, 3.8) is 0 Å². The second kappa shape index (κ2) is 8.71. The molecule has 0 radical (unpaired) electrons. The van der Waals surface area contributed by atoms with Crippen molar-refractivity contribution >= 4 is 0 Å². The predicted octanol–water partition coefficient (Wildman–Crippen LogP) is 4.30. The molecule has 1 heterocycles. The summed E-state index contributed by atoms with van der Waals surface area (Å²) in [5.74, 6) is 0.550. The lowest BCUT2D eigenvalue weighted by molar-refractivity contribution is -0.214. The van der Waals surface area contributed by atoms with Crippen LogP contribution in [-0.4, -0.2) is 19.0 Å². The summed E-state index contributed by atoms with van der Waals surface area (Å²) in [5.41, 5.74) is 0. The molecule has 3 atom stereocenters. The van der Waals surface area contributed by atoms with E-state index in [-0.39, 0.29) is 6.29 Å². The molecule has 0 bridgehead atoms. The molecule has 2 nitrogen and oxygen atoms in total. The first-order chi connectivity index (χ1) is 8.24. The Hall–Kier alpha value is -0.340. The van der Waals surface area contributed by atoms with Crippen LogP contribution in [0.15, 0.2) is 12.2 Å². The average molecular weight is 240 g/mol. The van der Waals surface area contributed by atoms with E-state index >= 15 is 0 Å². The van der Waals surface area contributed by atoms with Gasteiger partial charge in [-0.25, -0.2) is 0 Å². The van der Waals surface area contributed by atoms with Gasteiger partial charge in [0, 0.05) is 12.5 Å². The Bertz CT molecular complexity index is 213. The van der Waals surface area contributed by atoms with Crippen LogP contribution in [0.2, 0.25) is 0 Å². The van der Waals surface area contributed by atoms with E-state index in [1.807, 2.05) is 0 Å². The minimum absolute atomic E-state index is 0.0364. The molecule has 2 heteroatoms. The number of hydrogen-bond acceptors (Lipinski definition) is 2. The van der Waals surface area contributed by atoms with Crippen LogP contribution in [0.25, 0.3) is 0 Å². The smallest absolute Gasteiger partial charge is 0.160 e. The summed E-state index contributed by atoms with van der Waals surface area (Å²) in [6.45, 7) is 7.28. The quantitative estimate of drug-likeness (QED) is 0.488. The lowest BCUT2D eigenvalue weighted by Gasteiger charge is -2.33. The van der Waals surface area contributed by atoms with Gasteiger partial charge < -0.3 is 9.47 Å². The standard InChI is InChI=1S/C15H28O2/c1-4-5-6-7-8-9-12-16-15-13(2)10-11-14(3)17-15/h4-5,13-15H,6-12H2,1-3H3/b5-4+. The zero-order valence-corrected chi connectivity index (χ0v) is 11.7. The van der Waals surface area contributed by atoms with Gasteiger partial charge in [-0.2, -0.15) is 0 Å². The first-order valence-corrected chi connectivity index (χ1v) is 7.12. The summed E-state index contributed by atoms with van der Waals surface area (Å²) in [5, 5.41) is 0. The molecule has 0 aromatic rings. The van der Waals surface area contributed by atoms with E-state index in [1.54, 1.807) is 0 Å². The molecule has 0 amide bonds. The molecule has 3 unspecified atom stereocenters. The highest BCUT2D eigenvalue weighted by atomic mass is 16.7. The van der Waals surface area contributed by atoms with Crippen molar-refractivity contribution in [3.8, 4) is 0 Å². The molecule has 1 fully saturated rings. The second-order valence-electron chi connectivity index (χ2n) is 5.16.